The summed E-state index contributed by atoms with van der Waals surface area (Å²) in [6.07, 6.45) is 0.915. The summed E-state index contributed by atoms with van der Waals surface area (Å²) < 4.78 is 0. The molecule has 1 aliphatic rings. The number of hydrogen-bond acceptors (Lipinski definition) is 2. The highest BCUT2D eigenvalue weighted by atomic mass is 16.2. The minimum Gasteiger partial charge on any atom is -0.312 e. The molecule has 1 N–H and O–H groups in total. The number of amides is 1. The Morgan fingerprint density at radius 2 is 1.87 bits per heavy atom. The van der Waals surface area contributed by atoms with Gasteiger partial charge in [-0.05, 0) is 29.2 Å². The van der Waals surface area contributed by atoms with Gasteiger partial charge in [-0.1, -0.05) is 55.1 Å². The first kappa shape index (κ1) is 15.5. The summed E-state index contributed by atoms with van der Waals surface area (Å²) in [4.78, 5) is 13.7. The van der Waals surface area contributed by atoms with Crippen LogP contribution in [-0.2, 0) is 4.79 Å². The number of nitrogens with one attached hydrogen (secondary N) is 1. The van der Waals surface area contributed by atoms with E-state index in [-0.39, 0.29) is 11.9 Å². The van der Waals surface area contributed by atoms with Crippen LogP contribution in [-0.4, -0.2) is 19.0 Å². The van der Waals surface area contributed by atoms with Crippen molar-refractivity contribution in [1.29, 1.82) is 0 Å². The van der Waals surface area contributed by atoms with Crippen LogP contribution in [0.5, 0.6) is 0 Å². The van der Waals surface area contributed by atoms with E-state index in [9.17, 15) is 4.79 Å². The number of hydrogen-bond donors (Lipinski definition) is 1. The van der Waals surface area contributed by atoms with E-state index in [1.807, 2.05) is 41.3 Å². The van der Waals surface area contributed by atoms with E-state index in [1.54, 1.807) is 6.92 Å². The molecule has 0 bridgehead atoms. The van der Waals surface area contributed by atoms with E-state index in [0.717, 1.165) is 36.3 Å². The third-order valence-corrected chi connectivity index (χ3v) is 4.37. The summed E-state index contributed by atoms with van der Waals surface area (Å²) in [5.74, 6) is 0.101. The van der Waals surface area contributed by atoms with E-state index in [1.165, 1.54) is 5.56 Å². The first-order valence-electron chi connectivity index (χ1n) is 8.00. The molecule has 0 aliphatic carbocycles. The van der Waals surface area contributed by atoms with Crippen molar-refractivity contribution >= 4 is 17.2 Å². The van der Waals surface area contributed by atoms with Gasteiger partial charge in [0.1, 0.15) is 0 Å². The van der Waals surface area contributed by atoms with Crippen molar-refractivity contribution in [1.82, 2.24) is 5.32 Å². The van der Waals surface area contributed by atoms with Gasteiger partial charge in [0.25, 0.3) is 0 Å². The SMILES string of the molecule is C=C(CNC1CCN(C(C)=O)c2ccccc21)c1ccccc1. The molecule has 118 valence electrons. The molecule has 0 radical (unpaired) electrons. The van der Waals surface area contributed by atoms with Gasteiger partial charge >= 0.3 is 0 Å². The normalized spacial score (nSPS) is 16.7. The Morgan fingerprint density at radius 1 is 1.17 bits per heavy atom. The molecule has 3 rings (SSSR count). The van der Waals surface area contributed by atoms with Gasteiger partial charge < -0.3 is 10.2 Å². The average Bonchev–Trinajstić information content (AvgIpc) is 2.59. The minimum atomic E-state index is 0.101. The standard InChI is InChI=1S/C20H22N2O/c1-15(17-8-4-3-5-9-17)14-21-19-12-13-22(16(2)23)20-11-7-6-10-18(19)20/h3-11,19,21H,1,12-14H2,2H3. The second-order valence-corrected chi connectivity index (χ2v) is 5.92. The first-order valence-corrected chi connectivity index (χ1v) is 8.00. The number of nitrogens with zero attached hydrogens (tertiary/aromatic N) is 1. The van der Waals surface area contributed by atoms with Crippen LogP contribution >= 0.6 is 0 Å². The monoisotopic (exact) mass is 306 g/mol. The van der Waals surface area contributed by atoms with Crippen LogP contribution in [0.15, 0.2) is 61.2 Å². The van der Waals surface area contributed by atoms with Crippen LogP contribution in [0.1, 0.15) is 30.5 Å². The second-order valence-electron chi connectivity index (χ2n) is 5.92. The van der Waals surface area contributed by atoms with Crippen molar-refractivity contribution < 1.29 is 4.79 Å². The van der Waals surface area contributed by atoms with Gasteiger partial charge in [-0.3, -0.25) is 4.79 Å². The molecule has 1 aliphatic heterocycles. The number of rotatable bonds is 4. The van der Waals surface area contributed by atoms with Gasteiger partial charge in [-0.25, -0.2) is 0 Å². The lowest BCUT2D eigenvalue weighted by molar-refractivity contribution is -0.116. The van der Waals surface area contributed by atoms with Crippen molar-refractivity contribution in [2.45, 2.75) is 19.4 Å². The molecule has 0 spiro atoms. The lowest BCUT2D eigenvalue weighted by Gasteiger charge is -2.34. The molecule has 1 heterocycles. The molecule has 3 heteroatoms. The first-order chi connectivity index (χ1) is 11.2. The molecule has 1 unspecified atom stereocenters. The molecule has 1 atom stereocenters. The van der Waals surface area contributed by atoms with Crippen molar-refractivity contribution in [2.24, 2.45) is 0 Å². The number of carbonyl (C=O) groups excluding carboxylic acids is 1. The molecule has 23 heavy (non-hydrogen) atoms. The van der Waals surface area contributed by atoms with E-state index in [0.29, 0.717) is 0 Å². The Labute approximate surface area is 137 Å². The van der Waals surface area contributed by atoms with Gasteiger partial charge in [0.15, 0.2) is 0 Å². The van der Waals surface area contributed by atoms with E-state index in [4.69, 9.17) is 0 Å². The Balaban J connectivity index is 1.73. The molecular formula is C20H22N2O. The van der Waals surface area contributed by atoms with Crippen LogP contribution in [0.4, 0.5) is 5.69 Å². The van der Waals surface area contributed by atoms with Crippen molar-refractivity contribution in [3.8, 4) is 0 Å². The average molecular weight is 306 g/mol. The third-order valence-electron chi connectivity index (χ3n) is 4.37. The summed E-state index contributed by atoms with van der Waals surface area (Å²) in [5.41, 5.74) is 4.45. The third kappa shape index (κ3) is 3.35. The molecule has 1 amide bonds. The molecule has 0 saturated carbocycles. The number of benzene rings is 2. The zero-order chi connectivity index (χ0) is 16.2. The summed E-state index contributed by atoms with van der Waals surface area (Å²) in [7, 11) is 0. The lowest BCUT2D eigenvalue weighted by Crippen LogP contribution is -2.38. The number of fused-ring (bicyclic) bond motifs is 1. The highest BCUT2D eigenvalue weighted by Gasteiger charge is 2.26. The molecular weight excluding hydrogens is 284 g/mol. The van der Waals surface area contributed by atoms with Gasteiger partial charge in [0, 0.05) is 31.7 Å². The number of para-hydroxylation sites is 1. The minimum absolute atomic E-state index is 0.101. The Hall–Kier alpha value is -2.39. The predicted molar refractivity (Wildman–Crippen MR) is 95.3 cm³/mol. The Bertz CT molecular complexity index is 709. The van der Waals surface area contributed by atoms with Crippen LogP contribution < -0.4 is 10.2 Å². The molecule has 0 saturated heterocycles. The maximum Gasteiger partial charge on any atom is 0.223 e. The van der Waals surface area contributed by atoms with Crippen molar-refractivity contribution in [3.63, 3.8) is 0 Å². The van der Waals surface area contributed by atoms with Crippen molar-refractivity contribution in [3.05, 3.63) is 72.3 Å². The molecule has 0 aromatic heterocycles. The van der Waals surface area contributed by atoms with Gasteiger partial charge in [0.2, 0.25) is 5.91 Å². The maximum absolute atomic E-state index is 11.8. The Kier molecular flexibility index (Phi) is 4.58. The van der Waals surface area contributed by atoms with Crippen LogP contribution in [0.2, 0.25) is 0 Å². The number of anilines is 1. The van der Waals surface area contributed by atoms with Gasteiger partial charge in [0.05, 0.1) is 0 Å². The second kappa shape index (κ2) is 6.80. The summed E-state index contributed by atoms with van der Waals surface area (Å²) >= 11 is 0. The van der Waals surface area contributed by atoms with Crippen LogP contribution in [0.25, 0.3) is 5.57 Å². The maximum atomic E-state index is 11.8. The molecule has 2 aromatic carbocycles. The zero-order valence-corrected chi connectivity index (χ0v) is 13.5. The van der Waals surface area contributed by atoms with E-state index >= 15 is 0 Å². The molecule has 2 aromatic rings. The highest BCUT2D eigenvalue weighted by Crippen LogP contribution is 2.33. The topological polar surface area (TPSA) is 32.3 Å². The fraction of sp³-hybridized carbons (Fsp3) is 0.250. The number of carbonyl (C=O) groups is 1. The highest BCUT2D eigenvalue weighted by molar-refractivity contribution is 5.93. The van der Waals surface area contributed by atoms with E-state index < -0.39 is 0 Å². The van der Waals surface area contributed by atoms with Crippen LogP contribution in [0, 0.1) is 0 Å². The fourth-order valence-corrected chi connectivity index (χ4v) is 3.12. The summed E-state index contributed by atoms with van der Waals surface area (Å²) in [6, 6.07) is 18.6. The fourth-order valence-electron chi connectivity index (χ4n) is 3.12. The van der Waals surface area contributed by atoms with Gasteiger partial charge in [-0.15, -0.1) is 0 Å². The van der Waals surface area contributed by atoms with Crippen LogP contribution in [0.3, 0.4) is 0 Å². The summed E-state index contributed by atoms with van der Waals surface area (Å²) in [5, 5.41) is 3.60. The predicted octanol–water partition coefficient (Wildman–Crippen LogP) is 3.79. The zero-order valence-electron chi connectivity index (χ0n) is 13.5. The van der Waals surface area contributed by atoms with Crippen molar-refractivity contribution in [2.75, 3.05) is 18.0 Å². The molecule has 3 nitrogen and oxygen atoms in total. The Morgan fingerprint density at radius 3 is 2.61 bits per heavy atom. The lowest BCUT2D eigenvalue weighted by atomic mass is 9.95. The summed E-state index contributed by atoms with van der Waals surface area (Å²) in [6.45, 7) is 7.30. The molecule has 0 fully saturated rings. The van der Waals surface area contributed by atoms with Gasteiger partial charge in [-0.2, -0.15) is 0 Å². The quantitative estimate of drug-likeness (QED) is 0.932. The van der Waals surface area contributed by atoms with E-state index in [2.05, 4.69) is 30.1 Å². The smallest absolute Gasteiger partial charge is 0.223 e. The largest absolute Gasteiger partial charge is 0.312 e.